The van der Waals surface area contributed by atoms with E-state index in [0.717, 1.165) is 23.3 Å². The van der Waals surface area contributed by atoms with Gasteiger partial charge in [0.15, 0.2) is 0 Å². The minimum atomic E-state index is -0.385. The second-order valence-electron chi connectivity index (χ2n) is 4.42. The average molecular weight is 259 g/mol. The van der Waals surface area contributed by atoms with Gasteiger partial charge in [-0.25, -0.2) is 4.39 Å². The van der Waals surface area contributed by atoms with E-state index in [-0.39, 0.29) is 11.9 Å². The molecule has 100 valence electrons. The molecule has 0 aromatic heterocycles. The molecule has 2 aromatic carbocycles. The van der Waals surface area contributed by atoms with Crippen LogP contribution in [0.3, 0.4) is 0 Å². The smallest absolute Gasteiger partial charge is 0.124 e. The fraction of sp³-hybridized carbons (Fsp3) is 0.250. The van der Waals surface area contributed by atoms with Gasteiger partial charge in [0.05, 0.1) is 12.6 Å². The van der Waals surface area contributed by atoms with E-state index in [4.69, 9.17) is 10.5 Å². The van der Waals surface area contributed by atoms with Gasteiger partial charge >= 0.3 is 0 Å². The van der Waals surface area contributed by atoms with Crippen LogP contribution in [0.2, 0.25) is 0 Å². The zero-order valence-electron chi connectivity index (χ0n) is 11.0. The van der Waals surface area contributed by atoms with E-state index in [9.17, 15) is 4.39 Å². The van der Waals surface area contributed by atoms with Crippen molar-refractivity contribution in [2.75, 3.05) is 6.61 Å². The molecule has 0 radical (unpaired) electrons. The van der Waals surface area contributed by atoms with Crippen molar-refractivity contribution in [2.24, 2.45) is 5.73 Å². The number of nitrogens with two attached hydrogens (primary N) is 1. The van der Waals surface area contributed by atoms with Gasteiger partial charge in [-0.1, -0.05) is 37.3 Å². The predicted molar refractivity (Wildman–Crippen MR) is 74.7 cm³/mol. The van der Waals surface area contributed by atoms with Gasteiger partial charge in [0, 0.05) is 5.56 Å². The molecule has 0 fully saturated rings. The van der Waals surface area contributed by atoms with E-state index in [0.29, 0.717) is 6.61 Å². The summed E-state index contributed by atoms with van der Waals surface area (Å²) < 4.78 is 18.9. The van der Waals surface area contributed by atoms with Crippen molar-refractivity contribution in [1.82, 2.24) is 0 Å². The molecule has 0 heterocycles. The highest BCUT2D eigenvalue weighted by atomic mass is 19.1. The molecular weight excluding hydrogens is 241 g/mol. The highest BCUT2D eigenvalue weighted by Crippen LogP contribution is 2.28. The predicted octanol–water partition coefficient (Wildman–Crippen LogP) is 3.66. The summed E-state index contributed by atoms with van der Waals surface area (Å²) in [6, 6.07) is 13.6. The minimum Gasteiger partial charge on any atom is -0.493 e. The van der Waals surface area contributed by atoms with Gasteiger partial charge < -0.3 is 10.5 Å². The lowest BCUT2D eigenvalue weighted by Gasteiger charge is -2.17. The summed E-state index contributed by atoms with van der Waals surface area (Å²) >= 11 is 0. The van der Waals surface area contributed by atoms with Crippen molar-refractivity contribution in [3.8, 4) is 5.75 Å². The normalized spacial score (nSPS) is 12.2. The van der Waals surface area contributed by atoms with Crippen molar-refractivity contribution in [2.45, 2.75) is 19.4 Å². The van der Waals surface area contributed by atoms with Gasteiger partial charge in [-0.2, -0.15) is 0 Å². The zero-order chi connectivity index (χ0) is 13.7. The van der Waals surface area contributed by atoms with Gasteiger partial charge in [0.25, 0.3) is 0 Å². The largest absolute Gasteiger partial charge is 0.493 e. The number of hydrogen-bond acceptors (Lipinski definition) is 2. The van der Waals surface area contributed by atoms with Crippen LogP contribution < -0.4 is 10.5 Å². The Morgan fingerprint density at radius 2 is 1.95 bits per heavy atom. The fourth-order valence-corrected chi connectivity index (χ4v) is 1.96. The van der Waals surface area contributed by atoms with E-state index in [1.54, 1.807) is 6.07 Å². The van der Waals surface area contributed by atoms with Crippen molar-refractivity contribution >= 4 is 0 Å². The molecule has 0 aliphatic heterocycles. The van der Waals surface area contributed by atoms with Crippen LogP contribution in [0.5, 0.6) is 5.75 Å². The zero-order valence-corrected chi connectivity index (χ0v) is 11.0. The van der Waals surface area contributed by atoms with E-state index >= 15 is 0 Å². The quantitative estimate of drug-likeness (QED) is 0.889. The molecule has 0 saturated carbocycles. The van der Waals surface area contributed by atoms with Crippen molar-refractivity contribution < 1.29 is 9.13 Å². The maximum atomic E-state index is 13.3. The molecule has 0 aliphatic carbocycles. The van der Waals surface area contributed by atoms with Gasteiger partial charge in [-0.15, -0.1) is 0 Å². The van der Waals surface area contributed by atoms with Gasteiger partial charge in [-0.3, -0.25) is 0 Å². The lowest BCUT2D eigenvalue weighted by atomic mass is 9.99. The molecule has 0 aliphatic rings. The number of hydrogen-bond donors (Lipinski definition) is 1. The van der Waals surface area contributed by atoms with Crippen LogP contribution in [0.4, 0.5) is 4.39 Å². The number of benzene rings is 2. The summed E-state index contributed by atoms with van der Waals surface area (Å²) in [4.78, 5) is 0. The maximum absolute atomic E-state index is 13.3. The standard InChI is InChI=1S/C16H18FNO/c1-2-10-19-15-9-4-3-8-14(15)16(18)12-6-5-7-13(17)11-12/h3-9,11,16H,2,10,18H2,1H3. The molecule has 19 heavy (non-hydrogen) atoms. The number of rotatable bonds is 5. The third kappa shape index (κ3) is 3.32. The molecule has 0 saturated heterocycles. The summed E-state index contributed by atoms with van der Waals surface area (Å²) in [5, 5.41) is 0. The topological polar surface area (TPSA) is 35.2 Å². The Labute approximate surface area is 113 Å². The Morgan fingerprint density at radius 3 is 2.68 bits per heavy atom. The third-order valence-corrected chi connectivity index (χ3v) is 2.92. The van der Waals surface area contributed by atoms with E-state index < -0.39 is 0 Å². The first-order chi connectivity index (χ1) is 9.22. The van der Waals surface area contributed by atoms with E-state index in [1.807, 2.05) is 30.3 Å². The van der Waals surface area contributed by atoms with Crippen molar-refractivity contribution in [3.05, 3.63) is 65.5 Å². The summed E-state index contributed by atoms with van der Waals surface area (Å²) in [7, 11) is 0. The molecule has 2 rings (SSSR count). The molecule has 1 unspecified atom stereocenters. The van der Waals surface area contributed by atoms with E-state index in [1.165, 1.54) is 12.1 Å². The fourth-order valence-electron chi connectivity index (χ4n) is 1.96. The second kappa shape index (κ2) is 6.34. The van der Waals surface area contributed by atoms with Crippen LogP contribution in [-0.2, 0) is 0 Å². The molecule has 3 heteroatoms. The Kier molecular flexibility index (Phi) is 4.53. The molecular formula is C16H18FNO. The first-order valence-electron chi connectivity index (χ1n) is 6.45. The summed E-state index contributed by atoms with van der Waals surface area (Å²) in [5.41, 5.74) is 7.83. The molecule has 2 aromatic rings. The van der Waals surface area contributed by atoms with Crippen LogP contribution in [0.25, 0.3) is 0 Å². The van der Waals surface area contributed by atoms with E-state index in [2.05, 4.69) is 6.92 Å². The molecule has 0 spiro atoms. The van der Waals surface area contributed by atoms with Gasteiger partial charge in [0.1, 0.15) is 11.6 Å². The Balaban J connectivity index is 2.30. The summed E-state index contributed by atoms with van der Waals surface area (Å²) in [6.45, 7) is 2.70. The lowest BCUT2D eigenvalue weighted by Crippen LogP contribution is -2.14. The molecule has 0 amide bonds. The first kappa shape index (κ1) is 13.6. The van der Waals surface area contributed by atoms with Crippen LogP contribution in [-0.4, -0.2) is 6.61 Å². The van der Waals surface area contributed by atoms with Crippen LogP contribution >= 0.6 is 0 Å². The number of para-hydroxylation sites is 1. The highest BCUT2D eigenvalue weighted by Gasteiger charge is 2.14. The van der Waals surface area contributed by atoms with Crippen LogP contribution in [0, 0.1) is 5.82 Å². The van der Waals surface area contributed by atoms with Crippen LogP contribution in [0.15, 0.2) is 48.5 Å². The van der Waals surface area contributed by atoms with Crippen molar-refractivity contribution in [3.63, 3.8) is 0 Å². The van der Waals surface area contributed by atoms with Crippen molar-refractivity contribution in [1.29, 1.82) is 0 Å². The third-order valence-electron chi connectivity index (χ3n) is 2.92. The Bertz CT molecular complexity index is 542. The van der Waals surface area contributed by atoms with Gasteiger partial charge in [0.2, 0.25) is 0 Å². The SMILES string of the molecule is CCCOc1ccccc1C(N)c1cccc(F)c1. The lowest BCUT2D eigenvalue weighted by molar-refractivity contribution is 0.313. The highest BCUT2D eigenvalue weighted by molar-refractivity contribution is 5.41. The Morgan fingerprint density at radius 1 is 1.16 bits per heavy atom. The molecule has 0 bridgehead atoms. The Hall–Kier alpha value is -1.87. The molecule has 1 atom stereocenters. The molecule has 2 N–H and O–H groups in total. The number of ether oxygens (including phenoxy) is 1. The average Bonchev–Trinajstić information content (AvgIpc) is 2.44. The maximum Gasteiger partial charge on any atom is 0.124 e. The first-order valence-corrected chi connectivity index (χ1v) is 6.45. The number of halogens is 1. The monoisotopic (exact) mass is 259 g/mol. The summed E-state index contributed by atoms with van der Waals surface area (Å²) in [5.74, 6) is 0.487. The summed E-state index contributed by atoms with van der Waals surface area (Å²) in [6.07, 6.45) is 0.934. The van der Waals surface area contributed by atoms with Gasteiger partial charge in [-0.05, 0) is 30.2 Å². The molecule has 2 nitrogen and oxygen atoms in total. The minimum absolute atomic E-state index is 0.278. The van der Waals surface area contributed by atoms with Crippen LogP contribution in [0.1, 0.15) is 30.5 Å². The second-order valence-corrected chi connectivity index (χ2v) is 4.42.